The van der Waals surface area contributed by atoms with E-state index >= 15 is 0 Å². The molecule has 2 aromatic carbocycles. The molecule has 0 radical (unpaired) electrons. The Bertz CT molecular complexity index is 777. The lowest BCUT2D eigenvalue weighted by Gasteiger charge is -2.09. The normalized spacial score (nSPS) is 10.6. The van der Waals surface area contributed by atoms with Crippen LogP contribution in [0.15, 0.2) is 60.8 Å². The summed E-state index contributed by atoms with van der Waals surface area (Å²) in [6.45, 7) is 0.713. The van der Waals surface area contributed by atoms with Crippen molar-refractivity contribution in [3.8, 4) is 5.75 Å². The number of hydrogen-bond donors (Lipinski definition) is 0. The zero-order valence-corrected chi connectivity index (χ0v) is 12.4. The summed E-state index contributed by atoms with van der Waals surface area (Å²) in [7, 11) is 1.39. The number of carbonyl (C=O) groups is 1. The topological polar surface area (TPSA) is 40.5 Å². The van der Waals surface area contributed by atoms with Crippen LogP contribution in [0, 0.1) is 0 Å². The van der Waals surface area contributed by atoms with E-state index in [4.69, 9.17) is 9.47 Å². The maximum atomic E-state index is 11.4. The molecule has 0 aliphatic rings. The summed E-state index contributed by atoms with van der Waals surface area (Å²) in [6.07, 6.45) is 1.87. The molecule has 0 saturated heterocycles. The highest BCUT2D eigenvalue weighted by Crippen LogP contribution is 2.27. The van der Waals surface area contributed by atoms with Crippen molar-refractivity contribution in [3.63, 3.8) is 0 Å². The van der Waals surface area contributed by atoms with E-state index < -0.39 is 0 Å². The van der Waals surface area contributed by atoms with Crippen molar-refractivity contribution in [2.24, 2.45) is 0 Å². The maximum absolute atomic E-state index is 11.4. The van der Waals surface area contributed by atoms with Gasteiger partial charge in [0.2, 0.25) is 0 Å². The molecule has 0 N–H and O–H groups in total. The highest BCUT2D eigenvalue weighted by Gasteiger charge is 2.09. The average molecular weight is 295 g/mol. The van der Waals surface area contributed by atoms with Crippen LogP contribution in [0.25, 0.3) is 10.9 Å². The van der Waals surface area contributed by atoms with E-state index in [1.807, 2.05) is 65.4 Å². The Morgan fingerprint density at radius 3 is 2.64 bits per heavy atom. The smallest absolute Gasteiger partial charge is 0.325 e. The summed E-state index contributed by atoms with van der Waals surface area (Å²) in [5.41, 5.74) is 2.07. The van der Waals surface area contributed by atoms with E-state index in [1.165, 1.54) is 7.11 Å². The monoisotopic (exact) mass is 295 g/mol. The molecule has 0 aliphatic carbocycles. The number of fused-ring (bicyclic) bond motifs is 1. The molecule has 22 heavy (non-hydrogen) atoms. The molecule has 0 fully saturated rings. The Kier molecular flexibility index (Phi) is 4.10. The van der Waals surface area contributed by atoms with Gasteiger partial charge in [0.25, 0.3) is 0 Å². The maximum Gasteiger partial charge on any atom is 0.325 e. The summed E-state index contributed by atoms with van der Waals surface area (Å²) in [6, 6.07) is 17.8. The van der Waals surface area contributed by atoms with Crippen molar-refractivity contribution in [1.29, 1.82) is 0 Å². The molecule has 0 bridgehead atoms. The predicted octanol–water partition coefficient (Wildman–Crippen LogP) is 3.39. The first kappa shape index (κ1) is 14.2. The SMILES string of the molecule is COC(=O)Cn1ccc2c(OCc3ccccc3)cccc21. The standard InChI is InChI=1S/C18H17NO3/c1-21-18(20)12-19-11-10-15-16(19)8-5-9-17(15)22-13-14-6-3-2-4-7-14/h2-11H,12-13H2,1H3. The Morgan fingerprint density at radius 2 is 1.86 bits per heavy atom. The second kappa shape index (κ2) is 6.35. The molecule has 0 unspecified atom stereocenters. The molecule has 3 aromatic rings. The van der Waals surface area contributed by atoms with Gasteiger partial charge >= 0.3 is 5.97 Å². The molecule has 4 nitrogen and oxygen atoms in total. The van der Waals surface area contributed by atoms with Crippen LogP contribution < -0.4 is 4.74 Å². The summed E-state index contributed by atoms with van der Waals surface area (Å²) in [5, 5.41) is 0.988. The van der Waals surface area contributed by atoms with Crippen LogP contribution in [-0.2, 0) is 22.7 Å². The number of esters is 1. The van der Waals surface area contributed by atoms with Gasteiger partial charge in [-0.15, -0.1) is 0 Å². The van der Waals surface area contributed by atoms with E-state index in [2.05, 4.69) is 0 Å². The molecule has 4 heteroatoms. The third-order valence-corrected chi connectivity index (χ3v) is 3.54. The van der Waals surface area contributed by atoms with Gasteiger partial charge in [0.05, 0.1) is 12.6 Å². The minimum absolute atomic E-state index is 0.197. The number of hydrogen-bond acceptors (Lipinski definition) is 3. The molecule has 112 valence electrons. The Balaban J connectivity index is 1.83. The minimum Gasteiger partial charge on any atom is -0.488 e. The van der Waals surface area contributed by atoms with E-state index in [9.17, 15) is 4.79 Å². The van der Waals surface area contributed by atoms with Crippen molar-refractivity contribution < 1.29 is 14.3 Å². The predicted molar refractivity (Wildman–Crippen MR) is 84.7 cm³/mol. The number of methoxy groups -OCH3 is 1. The third-order valence-electron chi connectivity index (χ3n) is 3.54. The second-order valence-electron chi connectivity index (χ2n) is 4.98. The summed E-state index contributed by atoms with van der Waals surface area (Å²) < 4.78 is 12.5. The number of benzene rings is 2. The summed E-state index contributed by atoms with van der Waals surface area (Å²) >= 11 is 0. The van der Waals surface area contributed by atoms with Crippen LogP contribution in [0.4, 0.5) is 0 Å². The Labute approximate surface area is 128 Å². The van der Waals surface area contributed by atoms with Gasteiger partial charge in [-0.3, -0.25) is 4.79 Å². The van der Waals surface area contributed by atoms with Crippen LogP contribution >= 0.6 is 0 Å². The Morgan fingerprint density at radius 1 is 1.05 bits per heavy atom. The van der Waals surface area contributed by atoms with Crippen LogP contribution in [0.5, 0.6) is 5.75 Å². The van der Waals surface area contributed by atoms with Crippen molar-refractivity contribution in [1.82, 2.24) is 4.57 Å². The fraction of sp³-hybridized carbons (Fsp3) is 0.167. The largest absolute Gasteiger partial charge is 0.488 e. The molecule has 0 spiro atoms. The first-order valence-electron chi connectivity index (χ1n) is 7.09. The molecular formula is C18H17NO3. The molecule has 1 aromatic heterocycles. The lowest BCUT2D eigenvalue weighted by molar-refractivity contribution is -0.141. The lowest BCUT2D eigenvalue weighted by Crippen LogP contribution is -2.10. The number of rotatable bonds is 5. The van der Waals surface area contributed by atoms with Gasteiger partial charge in [-0.2, -0.15) is 0 Å². The van der Waals surface area contributed by atoms with Gasteiger partial charge in [0, 0.05) is 11.6 Å². The van der Waals surface area contributed by atoms with E-state index in [0.717, 1.165) is 22.2 Å². The van der Waals surface area contributed by atoms with Crippen LogP contribution in [0.1, 0.15) is 5.56 Å². The fourth-order valence-corrected chi connectivity index (χ4v) is 2.40. The van der Waals surface area contributed by atoms with Crippen molar-refractivity contribution in [3.05, 3.63) is 66.4 Å². The van der Waals surface area contributed by atoms with Gasteiger partial charge < -0.3 is 14.0 Å². The zero-order valence-electron chi connectivity index (χ0n) is 12.4. The van der Waals surface area contributed by atoms with E-state index in [-0.39, 0.29) is 12.5 Å². The molecule has 0 amide bonds. The van der Waals surface area contributed by atoms with E-state index in [1.54, 1.807) is 0 Å². The molecular weight excluding hydrogens is 278 g/mol. The lowest BCUT2D eigenvalue weighted by atomic mass is 10.2. The summed E-state index contributed by atoms with van der Waals surface area (Å²) in [5.74, 6) is 0.540. The van der Waals surface area contributed by atoms with Gasteiger partial charge in [-0.25, -0.2) is 0 Å². The first-order valence-corrected chi connectivity index (χ1v) is 7.09. The van der Waals surface area contributed by atoms with Gasteiger partial charge in [0.1, 0.15) is 18.9 Å². The van der Waals surface area contributed by atoms with E-state index in [0.29, 0.717) is 6.61 Å². The Hall–Kier alpha value is -2.75. The minimum atomic E-state index is -0.270. The molecule has 3 rings (SSSR count). The highest BCUT2D eigenvalue weighted by molar-refractivity contribution is 5.87. The number of nitrogens with zero attached hydrogens (tertiary/aromatic N) is 1. The highest BCUT2D eigenvalue weighted by atomic mass is 16.5. The number of carbonyl (C=O) groups excluding carboxylic acids is 1. The van der Waals surface area contributed by atoms with Gasteiger partial charge in [0.15, 0.2) is 0 Å². The molecule has 0 saturated carbocycles. The van der Waals surface area contributed by atoms with Crippen molar-refractivity contribution in [2.45, 2.75) is 13.2 Å². The molecule has 0 atom stereocenters. The van der Waals surface area contributed by atoms with Crippen LogP contribution in [-0.4, -0.2) is 17.6 Å². The number of ether oxygens (including phenoxy) is 2. The fourth-order valence-electron chi connectivity index (χ4n) is 2.40. The second-order valence-corrected chi connectivity index (χ2v) is 4.98. The van der Waals surface area contributed by atoms with Crippen molar-refractivity contribution in [2.75, 3.05) is 7.11 Å². The average Bonchev–Trinajstić information content (AvgIpc) is 2.97. The molecule has 1 heterocycles. The number of aromatic nitrogens is 1. The molecule has 0 aliphatic heterocycles. The quantitative estimate of drug-likeness (QED) is 0.677. The zero-order chi connectivity index (χ0) is 15.4. The van der Waals surface area contributed by atoms with Crippen LogP contribution in [0.3, 0.4) is 0 Å². The van der Waals surface area contributed by atoms with Crippen molar-refractivity contribution >= 4 is 16.9 Å². The summed E-state index contributed by atoms with van der Waals surface area (Å²) in [4.78, 5) is 11.4. The third kappa shape index (κ3) is 2.96. The van der Waals surface area contributed by atoms with Gasteiger partial charge in [-0.1, -0.05) is 36.4 Å². The first-order chi connectivity index (χ1) is 10.8. The van der Waals surface area contributed by atoms with Crippen LogP contribution in [0.2, 0.25) is 0 Å². The van der Waals surface area contributed by atoms with Gasteiger partial charge in [-0.05, 0) is 23.8 Å².